The Balaban J connectivity index is 3.12. The monoisotopic (exact) mass is 180 g/mol. The van der Waals surface area contributed by atoms with Gasteiger partial charge in [0.1, 0.15) is 0 Å². The second-order valence-corrected chi connectivity index (χ2v) is 2.76. The van der Waals surface area contributed by atoms with E-state index in [1.165, 1.54) is 0 Å². The van der Waals surface area contributed by atoms with E-state index >= 15 is 0 Å². The van der Waals surface area contributed by atoms with Gasteiger partial charge in [0.05, 0.1) is 4.47 Å². The Bertz CT molecular complexity index is 144. The Morgan fingerprint density at radius 3 is 2.57 bits per heavy atom. The SMILES string of the molecule is Fc1sccc1Br. The summed E-state index contributed by atoms with van der Waals surface area (Å²) >= 11 is 4.09. The first kappa shape index (κ1) is 5.25. The van der Waals surface area contributed by atoms with Gasteiger partial charge in [0.25, 0.3) is 0 Å². The van der Waals surface area contributed by atoms with Crippen LogP contribution in [0.25, 0.3) is 0 Å². The molecule has 38 valence electrons. The Hall–Kier alpha value is 0.110. The Morgan fingerprint density at radius 2 is 2.43 bits per heavy atom. The molecule has 1 aromatic heterocycles. The van der Waals surface area contributed by atoms with E-state index in [1.807, 2.05) is 0 Å². The molecule has 0 nitrogen and oxygen atoms in total. The summed E-state index contributed by atoms with van der Waals surface area (Å²) in [7, 11) is 0. The van der Waals surface area contributed by atoms with Crippen molar-refractivity contribution >= 4 is 27.3 Å². The molecular formula is C4H2BrFS. The normalized spacial score (nSPS) is 9.43. The molecule has 0 aliphatic rings. The molecule has 3 heteroatoms. The largest absolute Gasteiger partial charge is 0.194 e. The van der Waals surface area contributed by atoms with Crippen molar-refractivity contribution in [1.29, 1.82) is 0 Å². The molecule has 0 aliphatic heterocycles. The number of rotatable bonds is 0. The maximum absolute atomic E-state index is 12.1. The number of halogens is 2. The minimum absolute atomic E-state index is 0.153. The molecule has 0 unspecified atom stereocenters. The zero-order chi connectivity index (χ0) is 5.28. The summed E-state index contributed by atoms with van der Waals surface area (Å²) in [5.41, 5.74) is 0. The van der Waals surface area contributed by atoms with Gasteiger partial charge in [-0.25, -0.2) is 0 Å². The fourth-order valence-electron chi connectivity index (χ4n) is 0.275. The van der Waals surface area contributed by atoms with Crippen LogP contribution in [0.1, 0.15) is 0 Å². The average Bonchev–Trinajstić information content (AvgIpc) is 1.91. The van der Waals surface area contributed by atoms with Crippen LogP contribution in [0, 0.1) is 5.13 Å². The highest BCUT2D eigenvalue weighted by atomic mass is 79.9. The highest BCUT2D eigenvalue weighted by Gasteiger charge is 1.94. The molecule has 1 heterocycles. The topological polar surface area (TPSA) is 0 Å². The molecule has 0 atom stereocenters. The third-order valence-electron chi connectivity index (χ3n) is 0.574. The van der Waals surface area contributed by atoms with Crippen molar-refractivity contribution in [2.24, 2.45) is 0 Å². The zero-order valence-electron chi connectivity index (χ0n) is 3.32. The van der Waals surface area contributed by atoms with E-state index in [4.69, 9.17) is 0 Å². The van der Waals surface area contributed by atoms with Gasteiger partial charge < -0.3 is 0 Å². The molecule has 0 amide bonds. The Kier molecular flexibility index (Phi) is 1.44. The summed E-state index contributed by atoms with van der Waals surface area (Å²) < 4.78 is 12.6. The highest BCUT2D eigenvalue weighted by molar-refractivity contribution is 9.10. The van der Waals surface area contributed by atoms with Crippen molar-refractivity contribution in [2.75, 3.05) is 0 Å². The first-order chi connectivity index (χ1) is 3.30. The third kappa shape index (κ3) is 1.01. The molecule has 0 saturated heterocycles. The fraction of sp³-hybridized carbons (Fsp3) is 0. The van der Waals surface area contributed by atoms with Gasteiger partial charge >= 0.3 is 0 Å². The predicted molar refractivity (Wildman–Crippen MR) is 32.0 cm³/mol. The Morgan fingerprint density at radius 1 is 1.71 bits per heavy atom. The highest BCUT2D eigenvalue weighted by Crippen LogP contribution is 2.19. The summed E-state index contributed by atoms with van der Waals surface area (Å²) in [5.74, 6) is 0. The van der Waals surface area contributed by atoms with E-state index in [0.717, 1.165) is 11.3 Å². The molecule has 0 bridgehead atoms. The third-order valence-corrected chi connectivity index (χ3v) is 2.15. The minimum Gasteiger partial charge on any atom is -0.194 e. The molecule has 0 aromatic carbocycles. The molecule has 0 fully saturated rings. The Labute approximate surface area is 53.1 Å². The molecule has 0 radical (unpaired) electrons. The smallest absolute Gasteiger partial charge is 0.190 e. The lowest BCUT2D eigenvalue weighted by atomic mass is 10.7. The lowest BCUT2D eigenvalue weighted by Crippen LogP contribution is -1.54. The van der Waals surface area contributed by atoms with Gasteiger partial charge in [-0.05, 0) is 27.4 Å². The van der Waals surface area contributed by atoms with Crippen LogP contribution >= 0.6 is 27.3 Å². The molecule has 0 saturated carbocycles. The van der Waals surface area contributed by atoms with Crippen molar-refractivity contribution in [2.45, 2.75) is 0 Å². The standard InChI is InChI=1S/C4H2BrFS/c5-3-1-2-7-4(3)6/h1-2H. The quantitative estimate of drug-likeness (QED) is 0.577. The molecule has 0 N–H and O–H groups in total. The van der Waals surface area contributed by atoms with E-state index < -0.39 is 0 Å². The lowest BCUT2D eigenvalue weighted by molar-refractivity contribution is 0.651. The van der Waals surface area contributed by atoms with Crippen LogP contribution in [0.15, 0.2) is 15.9 Å². The van der Waals surface area contributed by atoms with Gasteiger partial charge in [0.15, 0.2) is 5.13 Å². The molecule has 0 aliphatic carbocycles. The van der Waals surface area contributed by atoms with Gasteiger partial charge in [-0.3, -0.25) is 0 Å². The summed E-state index contributed by atoms with van der Waals surface area (Å²) in [6, 6.07) is 1.68. The molecule has 1 rings (SSSR count). The molecular weight excluding hydrogens is 179 g/mol. The molecule has 0 spiro atoms. The summed E-state index contributed by atoms with van der Waals surface area (Å²) in [5, 5.41) is 1.54. The van der Waals surface area contributed by atoms with E-state index in [2.05, 4.69) is 15.9 Å². The van der Waals surface area contributed by atoms with Crippen LogP contribution in [0.3, 0.4) is 0 Å². The van der Waals surface area contributed by atoms with Gasteiger partial charge in [-0.15, -0.1) is 11.3 Å². The van der Waals surface area contributed by atoms with Crippen LogP contribution in [0.5, 0.6) is 0 Å². The van der Waals surface area contributed by atoms with E-state index in [0.29, 0.717) is 4.47 Å². The van der Waals surface area contributed by atoms with Crippen LogP contribution < -0.4 is 0 Å². The summed E-state index contributed by atoms with van der Waals surface area (Å²) in [6.07, 6.45) is 0. The first-order valence-corrected chi connectivity index (χ1v) is 3.36. The number of hydrogen-bond donors (Lipinski definition) is 0. The minimum atomic E-state index is -0.153. The van der Waals surface area contributed by atoms with Crippen molar-refractivity contribution in [3.63, 3.8) is 0 Å². The van der Waals surface area contributed by atoms with E-state index in [-0.39, 0.29) is 5.13 Å². The maximum Gasteiger partial charge on any atom is 0.190 e. The summed E-state index contributed by atoms with van der Waals surface area (Å²) in [6.45, 7) is 0. The second-order valence-electron chi connectivity index (χ2n) is 1.04. The second kappa shape index (κ2) is 1.92. The van der Waals surface area contributed by atoms with Crippen LogP contribution in [-0.2, 0) is 0 Å². The van der Waals surface area contributed by atoms with Crippen molar-refractivity contribution in [3.8, 4) is 0 Å². The predicted octanol–water partition coefficient (Wildman–Crippen LogP) is 2.65. The van der Waals surface area contributed by atoms with Crippen molar-refractivity contribution in [3.05, 3.63) is 21.1 Å². The van der Waals surface area contributed by atoms with Gasteiger partial charge in [0.2, 0.25) is 0 Å². The summed E-state index contributed by atoms with van der Waals surface area (Å²) in [4.78, 5) is 0. The lowest BCUT2D eigenvalue weighted by Gasteiger charge is -1.72. The van der Waals surface area contributed by atoms with Crippen molar-refractivity contribution < 1.29 is 4.39 Å². The van der Waals surface area contributed by atoms with Gasteiger partial charge in [-0.2, -0.15) is 4.39 Å². The van der Waals surface area contributed by atoms with Crippen LogP contribution in [0.4, 0.5) is 4.39 Å². The molecule has 7 heavy (non-hydrogen) atoms. The van der Waals surface area contributed by atoms with Crippen molar-refractivity contribution in [1.82, 2.24) is 0 Å². The maximum atomic E-state index is 12.1. The number of thiophene rings is 1. The van der Waals surface area contributed by atoms with E-state index in [9.17, 15) is 4.39 Å². The van der Waals surface area contributed by atoms with Crippen LogP contribution in [-0.4, -0.2) is 0 Å². The van der Waals surface area contributed by atoms with Crippen LogP contribution in [0.2, 0.25) is 0 Å². The first-order valence-electron chi connectivity index (χ1n) is 1.69. The van der Waals surface area contributed by atoms with Gasteiger partial charge in [0, 0.05) is 0 Å². The number of hydrogen-bond acceptors (Lipinski definition) is 1. The zero-order valence-corrected chi connectivity index (χ0v) is 5.72. The molecule has 1 aromatic rings. The average molecular weight is 181 g/mol. The fourth-order valence-corrected chi connectivity index (χ4v) is 1.37. The van der Waals surface area contributed by atoms with E-state index in [1.54, 1.807) is 11.4 Å². The van der Waals surface area contributed by atoms with Gasteiger partial charge in [-0.1, -0.05) is 0 Å².